The molecule has 1 unspecified atom stereocenters. The van der Waals surface area contributed by atoms with Gasteiger partial charge in [-0.1, -0.05) is 0 Å². The molecule has 0 spiro atoms. The highest BCUT2D eigenvalue weighted by Crippen LogP contribution is 2.29. The molecule has 11 heavy (non-hydrogen) atoms. The van der Waals surface area contributed by atoms with Gasteiger partial charge in [-0.15, -0.1) is 0 Å². The number of aliphatic hydroxyl groups is 1. The van der Waals surface area contributed by atoms with Crippen molar-refractivity contribution in [2.75, 3.05) is 6.54 Å². The van der Waals surface area contributed by atoms with Crippen molar-refractivity contribution in [3.05, 3.63) is 0 Å². The molecule has 0 saturated carbocycles. The summed E-state index contributed by atoms with van der Waals surface area (Å²) in [5.41, 5.74) is 0.262. The Balaban J connectivity index is 2.56. The number of aliphatic hydroxyl groups excluding tert-OH is 1. The quantitative estimate of drug-likeness (QED) is 0.537. The van der Waals surface area contributed by atoms with Gasteiger partial charge in [0.05, 0.1) is 6.10 Å². The van der Waals surface area contributed by atoms with Crippen molar-refractivity contribution in [2.24, 2.45) is 0 Å². The molecule has 1 N–H and O–H groups in total. The summed E-state index contributed by atoms with van der Waals surface area (Å²) in [6, 6.07) is 0. The molecule has 1 atom stereocenters. The number of hydrogen-bond acceptors (Lipinski definition) is 2. The molecule has 66 valence electrons. The molecule has 3 heteroatoms. The lowest BCUT2D eigenvalue weighted by Gasteiger charge is -2.31. The minimum Gasteiger partial charge on any atom is -0.393 e. The van der Waals surface area contributed by atoms with Crippen LogP contribution in [0.25, 0.3) is 0 Å². The van der Waals surface area contributed by atoms with Gasteiger partial charge in [0.15, 0.2) is 0 Å². The number of rotatable bonds is 0. The van der Waals surface area contributed by atoms with E-state index in [0.29, 0.717) is 0 Å². The predicted molar refractivity (Wildman–Crippen MR) is 54.7 cm³/mol. The van der Waals surface area contributed by atoms with E-state index in [1.807, 2.05) is 0 Å². The summed E-state index contributed by atoms with van der Waals surface area (Å²) in [4.78, 5) is 0. The monoisotopic (exact) mass is 269 g/mol. The first-order chi connectivity index (χ1) is 5.02. The van der Waals surface area contributed by atoms with E-state index < -0.39 is 0 Å². The number of halogens is 1. The number of hydrogen-bond donors (Lipinski definition) is 1. The van der Waals surface area contributed by atoms with E-state index in [1.165, 1.54) is 0 Å². The molecule has 1 heterocycles. The van der Waals surface area contributed by atoms with Crippen LogP contribution in [0.5, 0.6) is 0 Å². The van der Waals surface area contributed by atoms with Crippen LogP contribution >= 0.6 is 22.9 Å². The fourth-order valence-electron chi connectivity index (χ4n) is 1.35. The first-order valence-corrected chi connectivity index (χ1v) is 5.10. The van der Waals surface area contributed by atoms with Gasteiger partial charge in [0.1, 0.15) is 0 Å². The fourth-order valence-corrected chi connectivity index (χ4v) is 1.87. The standard InChI is InChI=1S/C8H16INO/c1-8(2)5-3-7(11)4-6-10(8)9/h7,11H,3-6H2,1-2H3. The lowest BCUT2D eigenvalue weighted by atomic mass is 9.98. The maximum atomic E-state index is 9.41. The summed E-state index contributed by atoms with van der Waals surface area (Å²) in [6.45, 7) is 5.48. The summed E-state index contributed by atoms with van der Waals surface area (Å²) in [5, 5.41) is 9.41. The molecular weight excluding hydrogens is 253 g/mol. The molecule has 1 aliphatic heterocycles. The van der Waals surface area contributed by atoms with Crippen molar-refractivity contribution in [3.63, 3.8) is 0 Å². The van der Waals surface area contributed by atoms with Crippen LogP contribution in [-0.4, -0.2) is 26.4 Å². The summed E-state index contributed by atoms with van der Waals surface area (Å²) in [5.74, 6) is 0. The van der Waals surface area contributed by atoms with E-state index in [2.05, 4.69) is 39.8 Å². The Hall–Kier alpha value is 0.650. The topological polar surface area (TPSA) is 23.5 Å². The van der Waals surface area contributed by atoms with Crippen molar-refractivity contribution in [1.82, 2.24) is 3.11 Å². The molecule has 0 aliphatic carbocycles. The molecule has 0 radical (unpaired) electrons. The van der Waals surface area contributed by atoms with Gasteiger partial charge in [0.25, 0.3) is 0 Å². The van der Waals surface area contributed by atoms with Gasteiger partial charge in [-0.2, -0.15) is 0 Å². The van der Waals surface area contributed by atoms with Crippen LogP contribution < -0.4 is 0 Å². The molecule has 1 aliphatic rings. The van der Waals surface area contributed by atoms with Gasteiger partial charge in [-0.3, -0.25) is 0 Å². The van der Waals surface area contributed by atoms with E-state index in [-0.39, 0.29) is 11.6 Å². The Kier molecular flexibility index (Phi) is 3.17. The zero-order valence-electron chi connectivity index (χ0n) is 7.18. The van der Waals surface area contributed by atoms with Crippen LogP contribution in [0.1, 0.15) is 33.1 Å². The minimum atomic E-state index is -0.0750. The third kappa shape index (κ3) is 2.56. The van der Waals surface area contributed by atoms with Crippen LogP contribution in [0.2, 0.25) is 0 Å². The normalized spacial score (nSPS) is 33.3. The second kappa shape index (κ2) is 3.58. The summed E-state index contributed by atoms with van der Waals surface area (Å²) < 4.78 is 2.31. The lowest BCUT2D eigenvalue weighted by Crippen LogP contribution is -2.35. The molecule has 1 saturated heterocycles. The van der Waals surface area contributed by atoms with Gasteiger partial charge >= 0.3 is 0 Å². The Morgan fingerprint density at radius 2 is 2.09 bits per heavy atom. The van der Waals surface area contributed by atoms with E-state index in [0.717, 1.165) is 25.8 Å². The van der Waals surface area contributed by atoms with E-state index in [4.69, 9.17) is 0 Å². The number of nitrogens with zero attached hydrogens (tertiary/aromatic N) is 1. The predicted octanol–water partition coefficient (Wildman–Crippen LogP) is 1.96. The van der Waals surface area contributed by atoms with Crippen molar-refractivity contribution < 1.29 is 5.11 Å². The first-order valence-electron chi connectivity index (χ1n) is 4.14. The smallest absolute Gasteiger partial charge is 0.0553 e. The van der Waals surface area contributed by atoms with Gasteiger partial charge < -0.3 is 5.11 Å². The maximum absolute atomic E-state index is 9.41. The van der Waals surface area contributed by atoms with Gasteiger partial charge in [-0.05, 0) is 33.1 Å². The van der Waals surface area contributed by atoms with Crippen LogP contribution in [-0.2, 0) is 0 Å². The van der Waals surface area contributed by atoms with E-state index >= 15 is 0 Å². The van der Waals surface area contributed by atoms with Gasteiger partial charge in [-0.25, -0.2) is 3.11 Å². The molecule has 0 aromatic heterocycles. The van der Waals surface area contributed by atoms with Gasteiger partial charge in [0.2, 0.25) is 0 Å². The molecular formula is C8H16INO. The van der Waals surface area contributed by atoms with Gasteiger partial charge in [0, 0.05) is 34.9 Å². The average molecular weight is 269 g/mol. The Morgan fingerprint density at radius 3 is 2.73 bits per heavy atom. The molecule has 0 aromatic carbocycles. The van der Waals surface area contributed by atoms with Crippen molar-refractivity contribution in [2.45, 2.75) is 44.8 Å². The largest absolute Gasteiger partial charge is 0.393 e. The highest BCUT2D eigenvalue weighted by Gasteiger charge is 2.28. The van der Waals surface area contributed by atoms with Crippen LogP contribution in [0, 0.1) is 0 Å². The van der Waals surface area contributed by atoms with Crippen LogP contribution in [0.3, 0.4) is 0 Å². The van der Waals surface area contributed by atoms with Crippen LogP contribution in [0.15, 0.2) is 0 Å². The SMILES string of the molecule is CC1(C)CCC(O)CCN1I. The Morgan fingerprint density at radius 1 is 1.45 bits per heavy atom. The second-order valence-corrected chi connectivity index (χ2v) is 5.04. The Labute approximate surface area is 82.5 Å². The van der Waals surface area contributed by atoms with Crippen molar-refractivity contribution >= 4 is 22.9 Å². The minimum absolute atomic E-state index is 0.0750. The molecule has 2 nitrogen and oxygen atoms in total. The maximum Gasteiger partial charge on any atom is 0.0553 e. The van der Waals surface area contributed by atoms with Crippen molar-refractivity contribution in [3.8, 4) is 0 Å². The summed E-state index contributed by atoms with van der Waals surface area (Å²) >= 11 is 2.36. The molecule has 1 fully saturated rings. The summed E-state index contributed by atoms with van der Waals surface area (Å²) in [6.07, 6.45) is 2.89. The van der Waals surface area contributed by atoms with E-state index in [9.17, 15) is 5.11 Å². The lowest BCUT2D eigenvalue weighted by molar-refractivity contribution is 0.158. The van der Waals surface area contributed by atoms with Crippen molar-refractivity contribution in [1.29, 1.82) is 0 Å². The zero-order valence-corrected chi connectivity index (χ0v) is 9.34. The first kappa shape index (κ1) is 9.74. The van der Waals surface area contributed by atoms with Crippen LogP contribution in [0.4, 0.5) is 0 Å². The highest BCUT2D eigenvalue weighted by atomic mass is 127. The molecule has 0 amide bonds. The zero-order chi connectivity index (χ0) is 8.48. The molecule has 0 bridgehead atoms. The summed E-state index contributed by atoms with van der Waals surface area (Å²) in [7, 11) is 0. The third-order valence-electron chi connectivity index (χ3n) is 2.40. The second-order valence-electron chi connectivity index (χ2n) is 3.88. The molecule has 0 aromatic rings. The molecule has 1 rings (SSSR count). The average Bonchev–Trinajstić information content (AvgIpc) is 2.03. The highest BCUT2D eigenvalue weighted by molar-refractivity contribution is 14.1. The van der Waals surface area contributed by atoms with E-state index in [1.54, 1.807) is 0 Å². The third-order valence-corrected chi connectivity index (χ3v) is 4.19. The fraction of sp³-hybridized carbons (Fsp3) is 1.00. The Bertz CT molecular complexity index is 138.